The topological polar surface area (TPSA) is 62.5 Å². The molecule has 0 saturated heterocycles. The summed E-state index contributed by atoms with van der Waals surface area (Å²) in [6.07, 6.45) is 3.93. The lowest BCUT2D eigenvalue weighted by Crippen LogP contribution is -2.36. The van der Waals surface area contributed by atoms with Crippen molar-refractivity contribution < 1.29 is 14.3 Å². The second kappa shape index (κ2) is 4.70. The lowest BCUT2D eigenvalue weighted by Gasteiger charge is -2.31. The van der Waals surface area contributed by atoms with Crippen molar-refractivity contribution in [1.82, 2.24) is 5.32 Å². The third kappa shape index (κ3) is 2.44. The van der Waals surface area contributed by atoms with Crippen LogP contribution in [0, 0.1) is 5.92 Å². The summed E-state index contributed by atoms with van der Waals surface area (Å²) in [7, 11) is 0. The molecule has 0 radical (unpaired) electrons. The van der Waals surface area contributed by atoms with Gasteiger partial charge < -0.3 is 14.8 Å². The SMILES string of the molecule is CC(NCc1ccc(C(=O)O)o1)C1CCC1. The van der Waals surface area contributed by atoms with E-state index in [0.717, 1.165) is 5.92 Å². The summed E-state index contributed by atoms with van der Waals surface area (Å²) in [5, 5.41) is 12.1. The van der Waals surface area contributed by atoms with Gasteiger partial charge >= 0.3 is 5.97 Å². The normalized spacial score (nSPS) is 18.1. The molecule has 4 heteroatoms. The van der Waals surface area contributed by atoms with Crippen LogP contribution in [0.15, 0.2) is 16.5 Å². The van der Waals surface area contributed by atoms with Gasteiger partial charge in [-0.25, -0.2) is 4.79 Å². The molecule has 1 saturated carbocycles. The number of carboxylic acid groups (broad SMARTS) is 1. The second-order valence-corrected chi connectivity index (χ2v) is 4.43. The summed E-state index contributed by atoms with van der Waals surface area (Å²) in [6.45, 7) is 2.77. The second-order valence-electron chi connectivity index (χ2n) is 4.43. The Kier molecular flexibility index (Phi) is 3.29. The van der Waals surface area contributed by atoms with Crippen molar-refractivity contribution in [3.8, 4) is 0 Å². The summed E-state index contributed by atoms with van der Waals surface area (Å²) < 4.78 is 5.16. The zero-order valence-electron chi connectivity index (χ0n) is 9.40. The Bertz CT molecular complexity index is 368. The maximum Gasteiger partial charge on any atom is 0.371 e. The molecule has 1 heterocycles. The number of rotatable bonds is 5. The minimum absolute atomic E-state index is 0.00750. The molecule has 88 valence electrons. The fraction of sp³-hybridized carbons (Fsp3) is 0.583. The van der Waals surface area contributed by atoms with E-state index in [1.165, 1.54) is 25.3 Å². The molecule has 1 unspecified atom stereocenters. The molecule has 2 rings (SSSR count). The molecule has 1 aliphatic carbocycles. The highest BCUT2D eigenvalue weighted by atomic mass is 16.4. The molecule has 0 aromatic carbocycles. The van der Waals surface area contributed by atoms with E-state index in [9.17, 15) is 4.79 Å². The average molecular weight is 223 g/mol. The van der Waals surface area contributed by atoms with Crippen LogP contribution in [0.3, 0.4) is 0 Å². The highest BCUT2D eigenvalue weighted by molar-refractivity contribution is 5.84. The third-order valence-electron chi connectivity index (χ3n) is 3.33. The molecular weight excluding hydrogens is 206 g/mol. The molecule has 4 nitrogen and oxygen atoms in total. The molecule has 1 atom stereocenters. The Morgan fingerprint density at radius 1 is 1.62 bits per heavy atom. The molecule has 1 fully saturated rings. The van der Waals surface area contributed by atoms with Crippen LogP contribution in [0.4, 0.5) is 0 Å². The standard InChI is InChI=1S/C12H17NO3/c1-8(9-3-2-4-9)13-7-10-5-6-11(16-10)12(14)15/h5-6,8-9,13H,2-4,7H2,1H3,(H,14,15). The van der Waals surface area contributed by atoms with Gasteiger partial charge in [0.15, 0.2) is 0 Å². The molecule has 0 amide bonds. The first-order chi connectivity index (χ1) is 7.66. The van der Waals surface area contributed by atoms with Gasteiger partial charge in [0.1, 0.15) is 5.76 Å². The van der Waals surface area contributed by atoms with Crippen molar-refractivity contribution in [3.63, 3.8) is 0 Å². The smallest absolute Gasteiger partial charge is 0.371 e. The number of carbonyl (C=O) groups is 1. The summed E-state index contributed by atoms with van der Waals surface area (Å²) in [6, 6.07) is 3.68. The first kappa shape index (κ1) is 11.2. The molecule has 2 N–H and O–H groups in total. The van der Waals surface area contributed by atoms with Crippen molar-refractivity contribution in [2.75, 3.05) is 0 Å². The minimum Gasteiger partial charge on any atom is -0.475 e. The largest absolute Gasteiger partial charge is 0.475 e. The van der Waals surface area contributed by atoms with Gasteiger partial charge in [0.2, 0.25) is 5.76 Å². The number of furan rings is 1. The number of aromatic carboxylic acids is 1. The minimum atomic E-state index is -1.02. The predicted octanol–water partition coefficient (Wildman–Crippen LogP) is 2.26. The van der Waals surface area contributed by atoms with E-state index >= 15 is 0 Å². The molecular formula is C12H17NO3. The van der Waals surface area contributed by atoms with Gasteiger partial charge in [-0.05, 0) is 37.8 Å². The van der Waals surface area contributed by atoms with Crippen LogP contribution >= 0.6 is 0 Å². The van der Waals surface area contributed by atoms with Crippen LogP contribution in [0.25, 0.3) is 0 Å². The summed E-state index contributed by atoms with van der Waals surface area (Å²) >= 11 is 0. The lowest BCUT2D eigenvalue weighted by atomic mass is 9.80. The van der Waals surface area contributed by atoms with Crippen LogP contribution in [-0.4, -0.2) is 17.1 Å². The van der Waals surface area contributed by atoms with E-state index in [1.54, 1.807) is 6.07 Å². The van der Waals surface area contributed by atoms with E-state index in [0.29, 0.717) is 18.3 Å². The zero-order chi connectivity index (χ0) is 11.5. The first-order valence-corrected chi connectivity index (χ1v) is 5.72. The van der Waals surface area contributed by atoms with Crippen LogP contribution in [-0.2, 0) is 6.54 Å². The van der Waals surface area contributed by atoms with E-state index in [4.69, 9.17) is 9.52 Å². The van der Waals surface area contributed by atoms with E-state index in [2.05, 4.69) is 12.2 Å². The molecule has 1 aromatic rings. The Morgan fingerprint density at radius 2 is 2.38 bits per heavy atom. The van der Waals surface area contributed by atoms with Gasteiger partial charge in [0.25, 0.3) is 0 Å². The van der Waals surface area contributed by atoms with Crippen LogP contribution in [0.5, 0.6) is 0 Å². The zero-order valence-corrected chi connectivity index (χ0v) is 9.40. The van der Waals surface area contributed by atoms with Crippen LogP contribution < -0.4 is 5.32 Å². The van der Waals surface area contributed by atoms with Gasteiger partial charge in [-0.3, -0.25) is 0 Å². The number of hydrogen-bond acceptors (Lipinski definition) is 3. The summed E-state index contributed by atoms with van der Waals surface area (Å²) in [4.78, 5) is 10.6. The molecule has 1 aromatic heterocycles. The van der Waals surface area contributed by atoms with Gasteiger partial charge in [-0.1, -0.05) is 6.42 Å². The van der Waals surface area contributed by atoms with Crippen LogP contribution in [0.2, 0.25) is 0 Å². The quantitative estimate of drug-likeness (QED) is 0.803. The van der Waals surface area contributed by atoms with E-state index < -0.39 is 5.97 Å². The highest BCUT2D eigenvalue weighted by Gasteiger charge is 2.23. The van der Waals surface area contributed by atoms with Crippen molar-refractivity contribution >= 4 is 5.97 Å². The van der Waals surface area contributed by atoms with Crippen molar-refractivity contribution in [1.29, 1.82) is 0 Å². The highest BCUT2D eigenvalue weighted by Crippen LogP contribution is 2.29. The Balaban J connectivity index is 1.81. The molecule has 16 heavy (non-hydrogen) atoms. The number of nitrogens with one attached hydrogen (secondary N) is 1. The fourth-order valence-electron chi connectivity index (χ4n) is 1.96. The third-order valence-corrected chi connectivity index (χ3v) is 3.33. The fourth-order valence-corrected chi connectivity index (χ4v) is 1.96. The number of hydrogen-bond donors (Lipinski definition) is 2. The lowest BCUT2D eigenvalue weighted by molar-refractivity contribution is 0.0660. The van der Waals surface area contributed by atoms with Crippen molar-refractivity contribution in [3.05, 3.63) is 23.7 Å². The van der Waals surface area contributed by atoms with Gasteiger partial charge in [0.05, 0.1) is 6.54 Å². The van der Waals surface area contributed by atoms with Gasteiger partial charge in [-0.15, -0.1) is 0 Å². The number of carboxylic acids is 1. The molecule has 0 aliphatic heterocycles. The first-order valence-electron chi connectivity index (χ1n) is 5.72. The van der Waals surface area contributed by atoms with Crippen molar-refractivity contribution in [2.45, 2.75) is 38.8 Å². The Morgan fingerprint density at radius 3 is 2.88 bits per heavy atom. The van der Waals surface area contributed by atoms with Crippen LogP contribution in [0.1, 0.15) is 42.5 Å². The van der Waals surface area contributed by atoms with Gasteiger partial charge in [-0.2, -0.15) is 0 Å². The monoisotopic (exact) mass is 223 g/mol. The van der Waals surface area contributed by atoms with E-state index in [1.807, 2.05) is 0 Å². The maximum absolute atomic E-state index is 10.6. The van der Waals surface area contributed by atoms with E-state index in [-0.39, 0.29) is 5.76 Å². The average Bonchev–Trinajstić information content (AvgIpc) is 2.60. The van der Waals surface area contributed by atoms with Gasteiger partial charge in [0, 0.05) is 6.04 Å². The maximum atomic E-state index is 10.6. The molecule has 1 aliphatic rings. The Hall–Kier alpha value is -1.29. The molecule has 0 bridgehead atoms. The predicted molar refractivity (Wildman–Crippen MR) is 59.3 cm³/mol. The summed E-state index contributed by atoms with van der Waals surface area (Å²) in [5.41, 5.74) is 0. The van der Waals surface area contributed by atoms with Crippen molar-refractivity contribution in [2.24, 2.45) is 5.92 Å². The Labute approximate surface area is 94.6 Å². The summed E-state index contributed by atoms with van der Waals surface area (Å²) in [5.74, 6) is 0.448. The molecule has 0 spiro atoms.